The summed E-state index contributed by atoms with van der Waals surface area (Å²) >= 11 is 0. The molecule has 0 amide bonds. The van der Waals surface area contributed by atoms with Crippen molar-refractivity contribution >= 4 is 21.4 Å². The summed E-state index contributed by atoms with van der Waals surface area (Å²) in [5.74, 6) is -2.74. The molecule has 2 rings (SSSR count). The lowest BCUT2D eigenvalue weighted by Gasteiger charge is -2.20. The number of halogens is 2. The number of benzene rings is 2. The van der Waals surface area contributed by atoms with Crippen LogP contribution in [0.15, 0.2) is 47.4 Å². The summed E-state index contributed by atoms with van der Waals surface area (Å²) < 4.78 is 52.5. The third-order valence-corrected chi connectivity index (χ3v) is 4.56. The number of rotatable bonds is 3. The molecule has 0 aliphatic carbocycles. The molecule has 0 saturated heterocycles. The highest BCUT2D eigenvalue weighted by molar-refractivity contribution is 7.92. The van der Waals surface area contributed by atoms with Crippen molar-refractivity contribution in [2.75, 3.05) is 17.1 Å². The number of nitrogens with zero attached hydrogens (tertiary/aromatic N) is 1. The van der Waals surface area contributed by atoms with Gasteiger partial charge in [-0.05, 0) is 24.3 Å². The van der Waals surface area contributed by atoms with E-state index in [4.69, 9.17) is 5.73 Å². The van der Waals surface area contributed by atoms with Crippen LogP contribution in [0, 0.1) is 11.6 Å². The molecule has 0 bridgehead atoms. The fraction of sp³-hybridized carbons (Fsp3) is 0.0769. The lowest BCUT2D eigenvalue weighted by atomic mass is 10.3. The van der Waals surface area contributed by atoms with E-state index >= 15 is 0 Å². The lowest BCUT2D eigenvalue weighted by molar-refractivity contribution is 0.485. The first kappa shape index (κ1) is 14.3. The first-order chi connectivity index (χ1) is 9.34. The predicted octanol–water partition coefficient (Wildman–Crippen LogP) is 2.37. The van der Waals surface area contributed by atoms with E-state index in [1.54, 1.807) is 18.2 Å². The van der Waals surface area contributed by atoms with Crippen LogP contribution in [0.5, 0.6) is 0 Å². The molecule has 0 spiro atoms. The molecule has 2 aromatic carbocycles. The lowest BCUT2D eigenvalue weighted by Crippen LogP contribution is -2.27. The zero-order chi connectivity index (χ0) is 14.9. The topological polar surface area (TPSA) is 63.4 Å². The van der Waals surface area contributed by atoms with Crippen molar-refractivity contribution in [3.8, 4) is 0 Å². The number of hydrogen-bond acceptors (Lipinski definition) is 3. The van der Waals surface area contributed by atoms with E-state index in [2.05, 4.69) is 0 Å². The third kappa shape index (κ3) is 2.44. The smallest absolute Gasteiger partial charge is 0.267 e. The molecule has 0 radical (unpaired) electrons. The van der Waals surface area contributed by atoms with Gasteiger partial charge in [0.15, 0.2) is 11.6 Å². The highest BCUT2D eigenvalue weighted by atomic mass is 32.2. The second-order valence-corrected chi connectivity index (χ2v) is 6.06. The van der Waals surface area contributed by atoms with Gasteiger partial charge in [-0.3, -0.25) is 4.31 Å². The maximum absolute atomic E-state index is 13.7. The van der Waals surface area contributed by atoms with Crippen molar-refractivity contribution in [1.82, 2.24) is 0 Å². The van der Waals surface area contributed by atoms with Crippen LogP contribution >= 0.6 is 0 Å². The number of hydrogen-bond donors (Lipinski definition) is 1. The summed E-state index contributed by atoms with van der Waals surface area (Å²) in [5, 5.41) is 0. The van der Waals surface area contributed by atoms with Gasteiger partial charge in [0.2, 0.25) is 0 Å². The fourth-order valence-corrected chi connectivity index (χ4v) is 3.00. The number of anilines is 2. The van der Waals surface area contributed by atoms with Crippen molar-refractivity contribution in [3.05, 3.63) is 54.1 Å². The molecule has 0 aliphatic heterocycles. The monoisotopic (exact) mass is 298 g/mol. The second kappa shape index (κ2) is 5.09. The van der Waals surface area contributed by atoms with Crippen molar-refractivity contribution in [1.29, 1.82) is 0 Å². The number of sulfonamides is 1. The molecule has 20 heavy (non-hydrogen) atoms. The average Bonchev–Trinajstić information content (AvgIpc) is 2.42. The van der Waals surface area contributed by atoms with Gasteiger partial charge in [-0.1, -0.05) is 18.2 Å². The highest BCUT2D eigenvalue weighted by Gasteiger charge is 2.27. The Morgan fingerprint density at radius 1 is 1.10 bits per heavy atom. The van der Waals surface area contributed by atoms with E-state index in [1.165, 1.54) is 19.2 Å². The third-order valence-electron chi connectivity index (χ3n) is 2.78. The number of nitrogens with two attached hydrogens (primary N) is 1. The number of para-hydroxylation sites is 1. The average molecular weight is 298 g/mol. The van der Waals surface area contributed by atoms with Gasteiger partial charge < -0.3 is 5.73 Å². The molecule has 2 aromatic rings. The van der Waals surface area contributed by atoms with Gasteiger partial charge in [0.25, 0.3) is 10.0 Å². The summed E-state index contributed by atoms with van der Waals surface area (Å²) in [5.41, 5.74) is 5.54. The molecule has 2 N–H and O–H groups in total. The van der Waals surface area contributed by atoms with Gasteiger partial charge in [0.05, 0.1) is 5.69 Å². The van der Waals surface area contributed by atoms with E-state index in [9.17, 15) is 17.2 Å². The summed E-state index contributed by atoms with van der Waals surface area (Å²) in [4.78, 5) is -0.790. The molecule has 0 heterocycles. The predicted molar refractivity (Wildman–Crippen MR) is 72.8 cm³/mol. The summed E-state index contributed by atoms with van der Waals surface area (Å²) in [6, 6.07) is 9.69. The molecule has 0 fully saturated rings. The molecule has 0 atom stereocenters. The van der Waals surface area contributed by atoms with Crippen molar-refractivity contribution in [3.63, 3.8) is 0 Å². The van der Waals surface area contributed by atoms with Gasteiger partial charge in [-0.25, -0.2) is 17.2 Å². The van der Waals surface area contributed by atoms with Gasteiger partial charge in [0, 0.05) is 12.7 Å². The maximum atomic E-state index is 13.7. The quantitative estimate of drug-likeness (QED) is 0.885. The molecule has 7 heteroatoms. The van der Waals surface area contributed by atoms with Crippen LogP contribution in [0.2, 0.25) is 0 Å². The summed E-state index contributed by atoms with van der Waals surface area (Å²) in [7, 11) is -2.97. The van der Waals surface area contributed by atoms with E-state index in [0.717, 1.165) is 16.4 Å². The van der Waals surface area contributed by atoms with E-state index in [0.29, 0.717) is 5.69 Å². The standard InChI is InChI=1S/C13H12F2N2O2S/c1-17(10-5-3-2-4-6-10)20(18,19)12-8-9(16)7-11(14)13(12)15/h2-8H,16H2,1H3. The maximum Gasteiger partial charge on any atom is 0.267 e. The number of nitrogen functional groups attached to an aromatic ring is 1. The fourth-order valence-electron chi connectivity index (χ4n) is 1.70. The van der Waals surface area contributed by atoms with Crippen LogP contribution in [-0.2, 0) is 10.0 Å². The molecular weight excluding hydrogens is 286 g/mol. The minimum absolute atomic E-state index is 0.163. The Morgan fingerprint density at radius 2 is 1.70 bits per heavy atom. The van der Waals surface area contributed by atoms with Crippen LogP contribution in [0.25, 0.3) is 0 Å². The molecule has 0 unspecified atom stereocenters. The molecule has 4 nitrogen and oxygen atoms in total. The van der Waals surface area contributed by atoms with Crippen LogP contribution in [0.3, 0.4) is 0 Å². The molecule has 0 aromatic heterocycles. The van der Waals surface area contributed by atoms with E-state index < -0.39 is 26.6 Å². The zero-order valence-corrected chi connectivity index (χ0v) is 11.4. The molecule has 106 valence electrons. The SMILES string of the molecule is CN(c1ccccc1)S(=O)(=O)c1cc(N)cc(F)c1F. The van der Waals surface area contributed by atoms with Crippen molar-refractivity contribution < 1.29 is 17.2 Å². The molecule has 0 aliphatic rings. The molecular formula is C13H12F2N2O2S. The minimum Gasteiger partial charge on any atom is -0.399 e. The first-order valence-corrected chi connectivity index (χ1v) is 7.06. The Hall–Kier alpha value is -2.15. The Labute approximate surface area is 115 Å². The van der Waals surface area contributed by atoms with Crippen LogP contribution < -0.4 is 10.0 Å². The Morgan fingerprint density at radius 3 is 2.30 bits per heavy atom. The van der Waals surface area contributed by atoms with E-state index in [-0.39, 0.29) is 5.69 Å². The van der Waals surface area contributed by atoms with Gasteiger partial charge >= 0.3 is 0 Å². The van der Waals surface area contributed by atoms with E-state index in [1.807, 2.05) is 0 Å². The Balaban J connectivity index is 2.57. The highest BCUT2D eigenvalue weighted by Crippen LogP contribution is 2.26. The normalized spacial score (nSPS) is 11.3. The second-order valence-electron chi connectivity index (χ2n) is 4.12. The van der Waals surface area contributed by atoms with Gasteiger partial charge in [0.1, 0.15) is 4.90 Å². The Kier molecular flexibility index (Phi) is 3.63. The van der Waals surface area contributed by atoms with Gasteiger partial charge in [-0.2, -0.15) is 0 Å². The largest absolute Gasteiger partial charge is 0.399 e. The Bertz CT molecular complexity index is 734. The van der Waals surface area contributed by atoms with Crippen LogP contribution in [0.1, 0.15) is 0 Å². The van der Waals surface area contributed by atoms with Gasteiger partial charge in [-0.15, -0.1) is 0 Å². The summed E-state index contributed by atoms with van der Waals surface area (Å²) in [6.45, 7) is 0. The van der Waals surface area contributed by atoms with Crippen LogP contribution in [0.4, 0.5) is 20.2 Å². The first-order valence-electron chi connectivity index (χ1n) is 5.62. The minimum atomic E-state index is -4.23. The van der Waals surface area contributed by atoms with Crippen molar-refractivity contribution in [2.24, 2.45) is 0 Å². The van der Waals surface area contributed by atoms with Crippen molar-refractivity contribution in [2.45, 2.75) is 4.90 Å². The zero-order valence-electron chi connectivity index (χ0n) is 10.5. The van der Waals surface area contributed by atoms with Crippen LogP contribution in [-0.4, -0.2) is 15.5 Å². The summed E-state index contributed by atoms with van der Waals surface area (Å²) in [6.07, 6.45) is 0. The molecule has 0 saturated carbocycles.